The van der Waals surface area contributed by atoms with E-state index in [1.54, 1.807) is 6.26 Å². The van der Waals surface area contributed by atoms with Crippen LogP contribution in [0.15, 0.2) is 41.0 Å². The molecule has 0 fully saturated rings. The fourth-order valence-electron chi connectivity index (χ4n) is 2.19. The Labute approximate surface area is 121 Å². The van der Waals surface area contributed by atoms with Crippen LogP contribution in [0, 0.1) is 6.92 Å². The first-order valence-electron chi connectivity index (χ1n) is 7.11. The molecule has 3 heteroatoms. The molecule has 108 valence electrons. The minimum Gasteiger partial charge on any atom is -0.491 e. The number of furan rings is 1. The van der Waals surface area contributed by atoms with Gasteiger partial charge in [-0.2, -0.15) is 0 Å². The topological polar surface area (TPSA) is 34.4 Å². The molecule has 1 N–H and O–H groups in total. The average Bonchev–Trinajstić information content (AvgIpc) is 2.84. The Hall–Kier alpha value is -1.90. The maximum absolute atomic E-state index is 5.70. The zero-order chi connectivity index (χ0) is 14.5. The SMILES string of the molecule is Cc1cc(OC(C)C)ccc1NC(C)Cc1ccco1. The van der Waals surface area contributed by atoms with Gasteiger partial charge >= 0.3 is 0 Å². The molecule has 0 bridgehead atoms. The van der Waals surface area contributed by atoms with E-state index in [2.05, 4.69) is 31.3 Å². The Morgan fingerprint density at radius 2 is 2.00 bits per heavy atom. The minimum atomic E-state index is 0.200. The van der Waals surface area contributed by atoms with E-state index < -0.39 is 0 Å². The molecule has 0 spiro atoms. The van der Waals surface area contributed by atoms with Crippen molar-refractivity contribution in [1.82, 2.24) is 0 Å². The zero-order valence-electron chi connectivity index (χ0n) is 12.6. The Balaban J connectivity index is 1.98. The van der Waals surface area contributed by atoms with E-state index in [9.17, 15) is 0 Å². The predicted octanol–water partition coefficient (Wildman–Crippen LogP) is 4.42. The van der Waals surface area contributed by atoms with Gasteiger partial charge in [-0.15, -0.1) is 0 Å². The van der Waals surface area contributed by atoms with Crippen molar-refractivity contribution in [3.8, 4) is 5.75 Å². The van der Waals surface area contributed by atoms with Crippen LogP contribution in [0.2, 0.25) is 0 Å². The van der Waals surface area contributed by atoms with E-state index in [4.69, 9.17) is 9.15 Å². The lowest BCUT2D eigenvalue weighted by molar-refractivity contribution is 0.242. The minimum absolute atomic E-state index is 0.200. The molecule has 0 aliphatic rings. The molecule has 0 amide bonds. The van der Waals surface area contributed by atoms with Gasteiger partial charge in [-0.05, 0) is 63.6 Å². The Bertz CT molecular complexity index is 532. The van der Waals surface area contributed by atoms with Crippen molar-refractivity contribution in [3.05, 3.63) is 47.9 Å². The standard InChI is InChI=1S/C17H23NO2/c1-12(2)20-16-7-8-17(13(3)10-16)18-14(4)11-15-6-5-9-19-15/h5-10,12,14,18H,11H2,1-4H3. The first-order valence-corrected chi connectivity index (χ1v) is 7.11. The molecular formula is C17H23NO2. The molecule has 2 rings (SSSR count). The van der Waals surface area contributed by atoms with Crippen molar-refractivity contribution < 1.29 is 9.15 Å². The van der Waals surface area contributed by atoms with Gasteiger partial charge in [0.2, 0.25) is 0 Å². The molecule has 1 heterocycles. The van der Waals surface area contributed by atoms with Crippen molar-refractivity contribution >= 4 is 5.69 Å². The highest BCUT2D eigenvalue weighted by atomic mass is 16.5. The summed E-state index contributed by atoms with van der Waals surface area (Å²) in [6.07, 6.45) is 2.79. The lowest BCUT2D eigenvalue weighted by Crippen LogP contribution is -2.18. The van der Waals surface area contributed by atoms with Gasteiger partial charge in [0, 0.05) is 18.2 Å². The molecule has 1 unspecified atom stereocenters. The van der Waals surface area contributed by atoms with Crippen molar-refractivity contribution in [3.63, 3.8) is 0 Å². The highest BCUT2D eigenvalue weighted by Crippen LogP contribution is 2.23. The molecule has 1 aromatic carbocycles. The normalized spacial score (nSPS) is 12.4. The molecule has 1 atom stereocenters. The third-order valence-corrected chi connectivity index (χ3v) is 3.06. The second kappa shape index (κ2) is 6.51. The Morgan fingerprint density at radius 1 is 1.20 bits per heavy atom. The molecule has 0 aliphatic carbocycles. The molecular weight excluding hydrogens is 250 g/mol. The summed E-state index contributed by atoms with van der Waals surface area (Å²) in [5.74, 6) is 1.92. The van der Waals surface area contributed by atoms with Crippen LogP contribution in [0.25, 0.3) is 0 Å². The zero-order valence-corrected chi connectivity index (χ0v) is 12.6. The van der Waals surface area contributed by atoms with Gasteiger partial charge in [-0.3, -0.25) is 0 Å². The van der Waals surface area contributed by atoms with Crippen LogP contribution in [-0.4, -0.2) is 12.1 Å². The first-order chi connectivity index (χ1) is 9.54. The summed E-state index contributed by atoms with van der Waals surface area (Å²) in [5.41, 5.74) is 2.33. The number of ether oxygens (including phenoxy) is 1. The van der Waals surface area contributed by atoms with Crippen molar-refractivity contribution in [2.24, 2.45) is 0 Å². The van der Waals surface area contributed by atoms with E-state index in [-0.39, 0.29) is 6.10 Å². The quantitative estimate of drug-likeness (QED) is 0.846. The van der Waals surface area contributed by atoms with Gasteiger partial charge in [0.05, 0.1) is 12.4 Å². The number of hydrogen-bond acceptors (Lipinski definition) is 3. The van der Waals surface area contributed by atoms with Gasteiger partial charge in [-0.1, -0.05) is 0 Å². The number of benzene rings is 1. The largest absolute Gasteiger partial charge is 0.491 e. The van der Waals surface area contributed by atoms with E-state index >= 15 is 0 Å². The van der Waals surface area contributed by atoms with Crippen LogP contribution in [0.1, 0.15) is 32.1 Å². The summed E-state index contributed by atoms with van der Waals surface area (Å²) in [5, 5.41) is 3.51. The van der Waals surface area contributed by atoms with Gasteiger partial charge < -0.3 is 14.5 Å². The van der Waals surface area contributed by atoms with Gasteiger partial charge in [-0.25, -0.2) is 0 Å². The third kappa shape index (κ3) is 4.05. The second-order valence-electron chi connectivity index (χ2n) is 5.47. The van der Waals surface area contributed by atoms with Crippen molar-refractivity contribution in [2.45, 2.75) is 46.3 Å². The maximum Gasteiger partial charge on any atom is 0.120 e. The molecule has 0 radical (unpaired) electrons. The van der Waals surface area contributed by atoms with Crippen LogP contribution >= 0.6 is 0 Å². The molecule has 2 aromatic rings. The summed E-state index contributed by atoms with van der Waals surface area (Å²) in [6.45, 7) is 8.31. The molecule has 0 aliphatic heterocycles. The third-order valence-electron chi connectivity index (χ3n) is 3.06. The van der Waals surface area contributed by atoms with E-state index in [0.29, 0.717) is 6.04 Å². The van der Waals surface area contributed by atoms with Gasteiger partial charge in [0.1, 0.15) is 11.5 Å². The molecule has 3 nitrogen and oxygen atoms in total. The number of nitrogens with one attached hydrogen (secondary N) is 1. The lowest BCUT2D eigenvalue weighted by Gasteiger charge is -2.17. The van der Waals surface area contributed by atoms with E-state index in [1.165, 1.54) is 5.56 Å². The molecule has 20 heavy (non-hydrogen) atoms. The highest BCUT2D eigenvalue weighted by Gasteiger charge is 2.08. The summed E-state index contributed by atoms with van der Waals surface area (Å²) < 4.78 is 11.1. The lowest BCUT2D eigenvalue weighted by atomic mass is 10.1. The van der Waals surface area contributed by atoms with Crippen LogP contribution in [0.3, 0.4) is 0 Å². The summed E-state index contributed by atoms with van der Waals surface area (Å²) in [4.78, 5) is 0. The van der Waals surface area contributed by atoms with Gasteiger partial charge in [0.25, 0.3) is 0 Å². The second-order valence-corrected chi connectivity index (χ2v) is 5.47. The smallest absolute Gasteiger partial charge is 0.120 e. The predicted molar refractivity (Wildman–Crippen MR) is 82.4 cm³/mol. The van der Waals surface area contributed by atoms with E-state index in [1.807, 2.05) is 32.0 Å². The van der Waals surface area contributed by atoms with Gasteiger partial charge in [0.15, 0.2) is 0 Å². The molecule has 0 saturated heterocycles. The molecule has 0 saturated carbocycles. The van der Waals surface area contributed by atoms with Crippen LogP contribution in [0.4, 0.5) is 5.69 Å². The summed E-state index contributed by atoms with van der Waals surface area (Å²) in [6, 6.07) is 10.4. The average molecular weight is 273 g/mol. The Kier molecular flexibility index (Phi) is 4.72. The fourth-order valence-corrected chi connectivity index (χ4v) is 2.19. The van der Waals surface area contributed by atoms with Crippen LogP contribution in [-0.2, 0) is 6.42 Å². The van der Waals surface area contributed by atoms with Crippen LogP contribution in [0.5, 0.6) is 5.75 Å². The van der Waals surface area contributed by atoms with E-state index in [0.717, 1.165) is 23.6 Å². The van der Waals surface area contributed by atoms with Crippen LogP contribution < -0.4 is 10.1 Å². The summed E-state index contributed by atoms with van der Waals surface area (Å²) >= 11 is 0. The summed E-state index contributed by atoms with van der Waals surface area (Å²) in [7, 11) is 0. The number of rotatable bonds is 6. The maximum atomic E-state index is 5.70. The number of hydrogen-bond donors (Lipinski definition) is 1. The first kappa shape index (κ1) is 14.5. The van der Waals surface area contributed by atoms with Crippen molar-refractivity contribution in [2.75, 3.05) is 5.32 Å². The number of anilines is 1. The van der Waals surface area contributed by atoms with Crippen molar-refractivity contribution in [1.29, 1.82) is 0 Å². The highest BCUT2D eigenvalue weighted by molar-refractivity contribution is 5.54. The Morgan fingerprint density at radius 3 is 2.60 bits per heavy atom. The monoisotopic (exact) mass is 273 g/mol. The fraction of sp³-hybridized carbons (Fsp3) is 0.412. The number of aryl methyl sites for hydroxylation is 1. The molecule has 1 aromatic heterocycles.